The first-order chi connectivity index (χ1) is 7.18. The van der Waals surface area contributed by atoms with Crippen molar-refractivity contribution in [2.24, 2.45) is 0 Å². The van der Waals surface area contributed by atoms with Gasteiger partial charge in [0, 0.05) is 0 Å². The fourth-order valence-corrected chi connectivity index (χ4v) is 2.17. The monoisotopic (exact) mass is 273 g/mol. The number of likely N-dealkylation sites (N-methyl/N-ethyl adjacent to an activating group) is 1. The molecule has 82 valence electrons. The number of nitrogens with one attached hydrogen (secondary N) is 2. The maximum Gasteiger partial charge on any atom is 0.280 e. The van der Waals surface area contributed by atoms with E-state index in [0.29, 0.717) is 4.47 Å². The molecule has 1 aliphatic heterocycles. The average Bonchev–Trinajstić information content (AvgIpc) is 2.24. The molecule has 1 aliphatic rings. The molecule has 15 heavy (non-hydrogen) atoms. The number of halogens is 1. The molecule has 0 radical (unpaired) electrons. The molecule has 0 atom stereocenters. The van der Waals surface area contributed by atoms with Crippen molar-refractivity contribution >= 4 is 21.6 Å². The first-order valence-electron chi connectivity index (χ1n) is 4.98. The molecule has 2 heterocycles. The Morgan fingerprint density at radius 3 is 2.87 bits per heavy atom. The number of aromatic nitrogens is 2. The van der Waals surface area contributed by atoms with E-state index in [-0.39, 0.29) is 5.56 Å². The van der Waals surface area contributed by atoms with Crippen molar-refractivity contribution in [3.8, 4) is 0 Å². The summed E-state index contributed by atoms with van der Waals surface area (Å²) in [4.78, 5) is 15.1. The standard InChI is InChI=1S/C9H13BrN4O/c1-13-2-4-14(5-3-13)7-6-11-12-9(15)8(7)10/h6H,2-5H2,1H3,(H,12,15)/p+1. The van der Waals surface area contributed by atoms with E-state index in [4.69, 9.17) is 0 Å². The lowest BCUT2D eigenvalue weighted by Gasteiger charge is -2.31. The van der Waals surface area contributed by atoms with Crippen LogP contribution in [0.4, 0.5) is 5.69 Å². The largest absolute Gasteiger partial charge is 0.358 e. The minimum atomic E-state index is -0.168. The summed E-state index contributed by atoms with van der Waals surface area (Å²) in [5.41, 5.74) is 0.727. The Kier molecular flexibility index (Phi) is 3.06. The molecule has 1 saturated heterocycles. The Morgan fingerprint density at radius 2 is 2.20 bits per heavy atom. The molecule has 0 amide bonds. The molecule has 1 fully saturated rings. The molecule has 2 rings (SSSR count). The minimum Gasteiger partial charge on any atom is -0.358 e. The topological polar surface area (TPSA) is 53.4 Å². The number of quaternary nitrogens is 1. The quantitative estimate of drug-likeness (QED) is 0.681. The van der Waals surface area contributed by atoms with E-state index in [9.17, 15) is 4.79 Å². The van der Waals surface area contributed by atoms with Crippen LogP contribution in [0.25, 0.3) is 0 Å². The number of hydrogen-bond acceptors (Lipinski definition) is 3. The number of rotatable bonds is 1. The first kappa shape index (κ1) is 10.6. The van der Waals surface area contributed by atoms with Gasteiger partial charge in [-0.05, 0) is 15.9 Å². The van der Waals surface area contributed by atoms with Gasteiger partial charge in [0.1, 0.15) is 4.47 Å². The number of aromatic amines is 1. The second kappa shape index (κ2) is 4.32. The third-order valence-corrected chi connectivity index (χ3v) is 3.50. The highest BCUT2D eigenvalue weighted by Gasteiger charge is 2.19. The second-order valence-corrected chi connectivity index (χ2v) is 4.64. The zero-order valence-electron chi connectivity index (χ0n) is 8.59. The fraction of sp³-hybridized carbons (Fsp3) is 0.556. The molecule has 1 aromatic rings. The third-order valence-electron chi connectivity index (χ3n) is 2.73. The summed E-state index contributed by atoms with van der Waals surface area (Å²) < 4.78 is 0.581. The lowest BCUT2D eigenvalue weighted by Crippen LogP contribution is -3.12. The van der Waals surface area contributed by atoms with Crippen molar-refractivity contribution in [3.63, 3.8) is 0 Å². The Labute approximate surface area is 96.2 Å². The molecule has 0 unspecified atom stereocenters. The van der Waals surface area contributed by atoms with Crippen molar-refractivity contribution in [2.45, 2.75) is 0 Å². The van der Waals surface area contributed by atoms with Crippen molar-refractivity contribution < 1.29 is 4.90 Å². The number of hydrogen-bond donors (Lipinski definition) is 2. The fourth-order valence-electron chi connectivity index (χ4n) is 1.72. The molecule has 0 aliphatic carbocycles. The smallest absolute Gasteiger partial charge is 0.280 e. The molecule has 2 N–H and O–H groups in total. The van der Waals surface area contributed by atoms with Gasteiger partial charge in [0.2, 0.25) is 0 Å². The SMILES string of the molecule is C[NH+]1CCN(c2cn[nH]c(=O)c2Br)CC1. The molecular weight excluding hydrogens is 260 g/mol. The molecule has 6 heteroatoms. The van der Waals surface area contributed by atoms with E-state index < -0.39 is 0 Å². The van der Waals surface area contributed by atoms with E-state index in [0.717, 1.165) is 31.9 Å². The van der Waals surface area contributed by atoms with E-state index in [1.54, 1.807) is 6.20 Å². The minimum absolute atomic E-state index is 0.168. The average molecular weight is 274 g/mol. The number of anilines is 1. The van der Waals surface area contributed by atoms with Gasteiger partial charge in [-0.15, -0.1) is 0 Å². The van der Waals surface area contributed by atoms with Crippen molar-refractivity contribution in [2.75, 3.05) is 38.1 Å². The van der Waals surface area contributed by atoms with Crippen LogP contribution >= 0.6 is 15.9 Å². The summed E-state index contributed by atoms with van der Waals surface area (Å²) in [6.07, 6.45) is 1.70. The van der Waals surface area contributed by atoms with Crippen LogP contribution in [0.1, 0.15) is 0 Å². The van der Waals surface area contributed by atoms with Crippen molar-refractivity contribution in [1.82, 2.24) is 10.2 Å². The zero-order chi connectivity index (χ0) is 10.8. The Balaban J connectivity index is 2.23. The third kappa shape index (κ3) is 2.21. The lowest BCUT2D eigenvalue weighted by molar-refractivity contribution is -0.880. The van der Waals surface area contributed by atoms with Gasteiger partial charge in [0.05, 0.1) is 45.1 Å². The van der Waals surface area contributed by atoms with E-state index in [2.05, 4.69) is 38.1 Å². The Hall–Kier alpha value is -0.880. The van der Waals surface area contributed by atoms with Crippen LogP contribution in [0.2, 0.25) is 0 Å². The van der Waals surface area contributed by atoms with E-state index >= 15 is 0 Å². The van der Waals surface area contributed by atoms with Gasteiger partial charge in [-0.3, -0.25) is 4.79 Å². The highest BCUT2D eigenvalue weighted by atomic mass is 79.9. The Morgan fingerprint density at radius 1 is 1.53 bits per heavy atom. The predicted octanol–water partition coefficient (Wildman–Crippen LogP) is -1.13. The lowest BCUT2D eigenvalue weighted by atomic mass is 10.3. The van der Waals surface area contributed by atoms with Gasteiger partial charge < -0.3 is 9.80 Å². The number of H-pyrrole nitrogens is 1. The number of nitrogens with zero attached hydrogens (tertiary/aromatic N) is 2. The van der Waals surface area contributed by atoms with Crippen molar-refractivity contribution in [1.29, 1.82) is 0 Å². The molecule has 0 spiro atoms. The summed E-state index contributed by atoms with van der Waals surface area (Å²) in [6.45, 7) is 4.13. The van der Waals surface area contributed by atoms with Gasteiger partial charge in [0.15, 0.2) is 0 Å². The summed E-state index contributed by atoms with van der Waals surface area (Å²) in [5.74, 6) is 0. The maximum atomic E-state index is 11.3. The molecular formula is C9H14BrN4O+. The zero-order valence-corrected chi connectivity index (χ0v) is 10.2. The van der Waals surface area contributed by atoms with Crippen LogP contribution in [0.15, 0.2) is 15.5 Å². The van der Waals surface area contributed by atoms with Gasteiger partial charge in [-0.1, -0.05) is 0 Å². The van der Waals surface area contributed by atoms with Crippen molar-refractivity contribution in [3.05, 3.63) is 21.0 Å². The Bertz CT molecular complexity index is 397. The van der Waals surface area contributed by atoms with Gasteiger partial charge in [-0.2, -0.15) is 5.10 Å². The maximum absolute atomic E-state index is 11.3. The van der Waals surface area contributed by atoms with Gasteiger partial charge in [0.25, 0.3) is 5.56 Å². The van der Waals surface area contributed by atoms with Crippen LogP contribution in [0, 0.1) is 0 Å². The highest BCUT2D eigenvalue weighted by Crippen LogP contribution is 2.20. The van der Waals surface area contributed by atoms with Gasteiger partial charge >= 0.3 is 0 Å². The molecule has 0 bridgehead atoms. The van der Waals surface area contributed by atoms with Crippen LogP contribution < -0.4 is 15.4 Å². The molecule has 5 nitrogen and oxygen atoms in total. The van der Waals surface area contributed by atoms with Crippen LogP contribution in [0.3, 0.4) is 0 Å². The summed E-state index contributed by atoms with van der Waals surface area (Å²) >= 11 is 3.30. The van der Waals surface area contributed by atoms with Crippen LogP contribution in [-0.4, -0.2) is 43.4 Å². The van der Waals surface area contributed by atoms with E-state index in [1.165, 1.54) is 4.90 Å². The molecule has 0 aromatic carbocycles. The summed E-state index contributed by atoms with van der Waals surface area (Å²) in [6, 6.07) is 0. The normalized spacial score (nSPS) is 18.1. The van der Waals surface area contributed by atoms with E-state index in [1.807, 2.05) is 0 Å². The molecule has 0 saturated carbocycles. The van der Waals surface area contributed by atoms with Crippen LogP contribution in [0.5, 0.6) is 0 Å². The second-order valence-electron chi connectivity index (χ2n) is 3.84. The summed E-state index contributed by atoms with van der Waals surface area (Å²) in [7, 11) is 2.18. The summed E-state index contributed by atoms with van der Waals surface area (Å²) in [5, 5.41) is 6.23. The molecule has 1 aromatic heterocycles. The van der Waals surface area contributed by atoms with Gasteiger partial charge in [-0.25, -0.2) is 5.10 Å². The van der Waals surface area contributed by atoms with Crippen LogP contribution in [-0.2, 0) is 0 Å². The first-order valence-corrected chi connectivity index (χ1v) is 5.77. The highest BCUT2D eigenvalue weighted by molar-refractivity contribution is 9.10. The number of piperazine rings is 1. The predicted molar refractivity (Wildman–Crippen MR) is 61.4 cm³/mol.